The zero-order valence-electron chi connectivity index (χ0n) is 18.0. The maximum Gasteiger partial charge on any atom is 0.408 e. The van der Waals surface area contributed by atoms with Crippen LogP contribution in [0.4, 0.5) is 10.5 Å². The second-order valence-electron chi connectivity index (χ2n) is 8.11. The molecule has 0 unspecified atom stereocenters. The molecule has 2 aromatic rings. The van der Waals surface area contributed by atoms with E-state index in [1.54, 1.807) is 32.9 Å². The van der Waals surface area contributed by atoms with E-state index in [1.165, 1.54) is 12.1 Å². The highest BCUT2D eigenvalue weighted by molar-refractivity contribution is 5.81. The fourth-order valence-electron chi connectivity index (χ4n) is 2.82. The van der Waals surface area contributed by atoms with Crippen molar-refractivity contribution in [3.63, 3.8) is 0 Å². The topological polar surface area (TPSA) is 108 Å². The normalized spacial score (nSPS) is 12.0. The molecule has 0 aliphatic heterocycles. The lowest BCUT2D eigenvalue weighted by molar-refractivity contribution is -0.384. The Bertz CT molecular complexity index is 875. The maximum atomic E-state index is 12.6. The van der Waals surface area contributed by atoms with Gasteiger partial charge in [-0.25, -0.2) is 9.59 Å². The average molecular weight is 428 g/mol. The molecule has 0 aliphatic rings. The molecule has 0 bridgehead atoms. The molecule has 0 aliphatic carbocycles. The number of nitrogens with one attached hydrogen (secondary N) is 1. The van der Waals surface area contributed by atoms with E-state index in [-0.39, 0.29) is 12.3 Å². The number of alkyl carbamates (subject to hydrolysis) is 1. The molecule has 1 N–H and O–H groups in total. The number of rotatable bonds is 9. The van der Waals surface area contributed by atoms with Crippen LogP contribution in [0.3, 0.4) is 0 Å². The Morgan fingerprint density at radius 3 is 2.26 bits per heavy atom. The number of nitrogens with zero attached hydrogens (tertiary/aromatic N) is 1. The third-order valence-corrected chi connectivity index (χ3v) is 4.30. The van der Waals surface area contributed by atoms with Gasteiger partial charge in [-0.3, -0.25) is 10.1 Å². The van der Waals surface area contributed by atoms with Gasteiger partial charge in [0.25, 0.3) is 5.69 Å². The average Bonchev–Trinajstić information content (AvgIpc) is 2.71. The van der Waals surface area contributed by atoms with Crippen molar-refractivity contribution in [2.75, 3.05) is 0 Å². The minimum Gasteiger partial charge on any atom is -0.459 e. The number of nitro benzene ring substituents is 1. The van der Waals surface area contributed by atoms with Gasteiger partial charge in [0.1, 0.15) is 18.2 Å². The van der Waals surface area contributed by atoms with E-state index in [0.717, 1.165) is 11.1 Å². The number of benzene rings is 2. The Kier molecular flexibility index (Phi) is 8.54. The lowest BCUT2D eigenvalue weighted by Crippen LogP contribution is -2.44. The molecule has 166 valence electrons. The van der Waals surface area contributed by atoms with Crippen molar-refractivity contribution in [3.8, 4) is 0 Å². The predicted octanol–water partition coefficient (Wildman–Crippen LogP) is 4.55. The third kappa shape index (κ3) is 8.86. The molecule has 8 heteroatoms. The van der Waals surface area contributed by atoms with Gasteiger partial charge in [-0.1, -0.05) is 42.5 Å². The first kappa shape index (κ1) is 23.9. The lowest BCUT2D eigenvalue weighted by atomic mass is 10.0. The summed E-state index contributed by atoms with van der Waals surface area (Å²) in [7, 11) is 0. The third-order valence-electron chi connectivity index (χ3n) is 4.30. The van der Waals surface area contributed by atoms with Crippen molar-refractivity contribution in [1.29, 1.82) is 0 Å². The van der Waals surface area contributed by atoms with E-state index in [4.69, 9.17) is 9.47 Å². The van der Waals surface area contributed by atoms with E-state index >= 15 is 0 Å². The Hall–Kier alpha value is -3.42. The summed E-state index contributed by atoms with van der Waals surface area (Å²) in [5.74, 6) is -0.543. The Balaban J connectivity index is 1.95. The van der Waals surface area contributed by atoms with E-state index in [9.17, 15) is 19.7 Å². The fourth-order valence-corrected chi connectivity index (χ4v) is 2.82. The maximum absolute atomic E-state index is 12.6. The van der Waals surface area contributed by atoms with Crippen LogP contribution in [0.15, 0.2) is 54.6 Å². The van der Waals surface area contributed by atoms with Gasteiger partial charge >= 0.3 is 12.1 Å². The lowest BCUT2D eigenvalue weighted by Gasteiger charge is -2.23. The van der Waals surface area contributed by atoms with Crippen molar-refractivity contribution in [3.05, 3.63) is 75.8 Å². The summed E-state index contributed by atoms with van der Waals surface area (Å²) in [5, 5.41) is 13.4. The van der Waals surface area contributed by atoms with Crippen molar-refractivity contribution in [2.45, 2.75) is 58.3 Å². The van der Waals surface area contributed by atoms with Gasteiger partial charge in [0, 0.05) is 12.1 Å². The number of hydrogen-bond donors (Lipinski definition) is 1. The zero-order valence-corrected chi connectivity index (χ0v) is 18.0. The molecule has 31 heavy (non-hydrogen) atoms. The molecular formula is C23H28N2O6. The number of aryl methyl sites for hydroxylation is 1. The van der Waals surface area contributed by atoms with Gasteiger partial charge < -0.3 is 14.8 Å². The van der Waals surface area contributed by atoms with Crippen molar-refractivity contribution in [1.82, 2.24) is 5.32 Å². The van der Waals surface area contributed by atoms with Gasteiger partial charge in [0.05, 0.1) is 4.92 Å². The van der Waals surface area contributed by atoms with E-state index < -0.39 is 28.6 Å². The van der Waals surface area contributed by atoms with E-state index in [2.05, 4.69) is 5.32 Å². The fraction of sp³-hybridized carbons (Fsp3) is 0.391. The second kappa shape index (κ2) is 11.1. The van der Waals surface area contributed by atoms with Crippen LogP contribution < -0.4 is 5.32 Å². The monoisotopic (exact) mass is 428 g/mol. The quantitative estimate of drug-likeness (QED) is 0.356. The van der Waals surface area contributed by atoms with Crippen LogP contribution in [0.5, 0.6) is 0 Å². The molecule has 0 aromatic heterocycles. The molecule has 0 heterocycles. The Morgan fingerprint density at radius 1 is 1.03 bits per heavy atom. The summed E-state index contributed by atoms with van der Waals surface area (Å²) in [6, 6.07) is 14.7. The molecule has 0 fully saturated rings. The number of nitro groups is 1. The summed E-state index contributed by atoms with van der Waals surface area (Å²) < 4.78 is 10.6. The first-order valence-electron chi connectivity index (χ1n) is 10.1. The molecule has 0 radical (unpaired) electrons. The number of non-ortho nitro benzene ring substituents is 1. The summed E-state index contributed by atoms with van der Waals surface area (Å²) in [5.41, 5.74) is 1.08. The minimum atomic E-state index is -0.864. The minimum absolute atomic E-state index is 0.0257. The largest absolute Gasteiger partial charge is 0.459 e. The first-order valence-corrected chi connectivity index (χ1v) is 10.1. The second-order valence-corrected chi connectivity index (χ2v) is 8.11. The molecular weight excluding hydrogens is 400 g/mol. The number of hydrogen-bond acceptors (Lipinski definition) is 6. The number of esters is 1. The van der Waals surface area contributed by atoms with Crippen molar-refractivity contribution < 1.29 is 24.0 Å². The van der Waals surface area contributed by atoms with Gasteiger partial charge in [-0.05, 0) is 51.2 Å². The van der Waals surface area contributed by atoms with Crippen LogP contribution in [0, 0.1) is 10.1 Å². The summed E-state index contributed by atoms with van der Waals surface area (Å²) >= 11 is 0. The summed E-state index contributed by atoms with van der Waals surface area (Å²) in [6.07, 6.45) is 0.809. The van der Waals surface area contributed by atoms with Crippen LogP contribution in [0.25, 0.3) is 0 Å². The van der Waals surface area contributed by atoms with E-state index in [1.807, 2.05) is 30.3 Å². The van der Waals surface area contributed by atoms with Gasteiger partial charge in [-0.2, -0.15) is 0 Å². The predicted molar refractivity (Wildman–Crippen MR) is 115 cm³/mol. The Morgan fingerprint density at radius 2 is 1.68 bits per heavy atom. The SMILES string of the molecule is CC(C)(C)OC(=O)N[C@@H](CCCc1ccc([N+](=O)[O-])cc1)C(=O)OCc1ccccc1. The van der Waals surface area contributed by atoms with Crippen molar-refractivity contribution >= 4 is 17.7 Å². The van der Waals surface area contributed by atoms with Crippen LogP contribution in [0.2, 0.25) is 0 Å². The highest BCUT2D eigenvalue weighted by Gasteiger charge is 2.25. The Labute approximate surface area is 181 Å². The standard InChI is InChI=1S/C23H28N2O6/c1-23(2,3)31-22(27)24-20(21(26)30-16-18-8-5-4-6-9-18)11-7-10-17-12-14-19(15-13-17)25(28)29/h4-6,8-9,12-15,20H,7,10-11,16H2,1-3H3,(H,24,27)/t20-/m0/s1. The van der Waals surface area contributed by atoms with Crippen LogP contribution in [0.1, 0.15) is 44.7 Å². The highest BCUT2D eigenvalue weighted by Crippen LogP contribution is 2.15. The molecule has 2 rings (SSSR count). The molecule has 2 aromatic carbocycles. The molecule has 8 nitrogen and oxygen atoms in total. The zero-order chi connectivity index (χ0) is 22.9. The van der Waals surface area contributed by atoms with Gasteiger partial charge in [0.2, 0.25) is 0 Å². The van der Waals surface area contributed by atoms with Crippen LogP contribution in [-0.4, -0.2) is 28.6 Å². The van der Waals surface area contributed by atoms with Crippen molar-refractivity contribution in [2.24, 2.45) is 0 Å². The van der Waals surface area contributed by atoms with Gasteiger partial charge in [-0.15, -0.1) is 0 Å². The molecule has 0 saturated carbocycles. The molecule has 0 spiro atoms. The summed E-state index contributed by atoms with van der Waals surface area (Å²) in [4.78, 5) is 35.1. The van der Waals surface area contributed by atoms with Gasteiger partial charge in [0.15, 0.2) is 0 Å². The highest BCUT2D eigenvalue weighted by atomic mass is 16.6. The van der Waals surface area contributed by atoms with Crippen LogP contribution >= 0.6 is 0 Å². The molecule has 1 amide bonds. The smallest absolute Gasteiger partial charge is 0.408 e. The number of carbonyl (C=O) groups is 2. The first-order chi connectivity index (χ1) is 14.6. The van der Waals surface area contributed by atoms with Crippen LogP contribution in [-0.2, 0) is 27.3 Å². The number of carbonyl (C=O) groups excluding carboxylic acids is 2. The molecule has 1 atom stereocenters. The molecule has 0 saturated heterocycles. The number of amides is 1. The number of ether oxygens (including phenoxy) is 2. The summed E-state index contributed by atoms with van der Waals surface area (Å²) in [6.45, 7) is 5.33. The van der Waals surface area contributed by atoms with E-state index in [0.29, 0.717) is 19.3 Å².